The van der Waals surface area contributed by atoms with E-state index in [4.69, 9.17) is 11.6 Å². The lowest BCUT2D eigenvalue weighted by atomic mass is 10.2. The Morgan fingerprint density at radius 3 is 2.59 bits per heavy atom. The van der Waals surface area contributed by atoms with Crippen molar-refractivity contribution < 1.29 is 19.3 Å². The van der Waals surface area contributed by atoms with Gasteiger partial charge in [-0.05, 0) is 29.5 Å². The van der Waals surface area contributed by atoms with E-state index in [0.29, 0.717) is 4.91 Å². The number of hydrogen-bond donors (Lipinski definition) is 1. The molecule has 1 aliphatic rings. The summed E-state index contributed by atoms with van der Waals surface area (Å²) in [6.45, 7) is 0.00986. The number of non-ortho nitro benzene ring substituents is 1. The lowest BCUT2D eigenvalue weighted by Crippen LogP contribution is -2.37. The van der Waals surface area contributed by atoms with Crippen molar-refractivity contribution in [1.82, 2.24) is 10.2 Å². The van der Waals surface area contributed by atoms with Gasteiger partial charge in [-0.15, -0.1) is 0 Å². The molecule has 3 rings (SSSR count). The lowest BCUT2D eigenvalue weighted by molar-refractivity contribution is -0.384. The summed E-state index contributed by atoms with van der Waals surface area (Å²) in [7, 11) is 0. The molecule has 0 unspecified atom stereocenters. The first-order valence-electron chi connectivity index (χ1n) is 8.39. The maximum absolute atomic E-state index is 12.4. The predicted octanol–water partition coefficient (Wildman–Crippen LogP) is 3.71. The molecule has 0 atom stereocenters. The number of carbonyl (C=O) groups excluding carboxylic acids is 3. The molecule has 2 aromatic rings. The first kappa shape index (κ1) is 20.6. The first-order chi connectivity index (χ1) is 13.9. The van der Waals surface area contributed by atoms with Crippen LogP contribution in [0.3, 0.4) is 0 Å². The molecule has 0 aliphatic carbocycles. The molecule has 0 bridgehead atoms. The average molecular weight is 432 g/mol. The quantitative estimate of drug-likeness (QED) is 0.424. The van der Waals surface area contributed by atoms with Gasteiger partial charge in [0.05, 0.1) is 20.4 Å². The van der Waals surface area contributed by atoms with Crippen LogP contribution in [0, 0.1) is 10.1 Å². The van der Waals surface area contributed by atoms with Crippen molar-refractivity contribution in [2.45, 2.75) is 0 Å². The highest BCUT2D eigenvalue weighted by Gasteiger charge is 2.34. The van der Waals surface area contributed by atoms with Crippen molar-refractivity contribution in [1.29, 1.82) is 0 Å². The molecule has 0 spiro atoms. The second-order valence-electron chi connectivity index (χ2n) is 5.92. The van der Waals surface area contributed by atoms with Crippen LogP contribution in [-0.4, -0.2) is 40.0 Å². The van der Waals surface area contributed by atoms with Gasteiger partial charge in [-0.1, -0.05) is 41.9 Å². The maximum Gasteiger partial charge on any atom is 0.293 e. The second kappa shape index (κ2) is 8.89. The minimum atomic E-state index is -0.615. The highest BCUT2D eigenvalue weighted by molar-refractivity contribution is 8.18. The number of carbonyl (C=O) groups is 3. The molecule has 1 saturated heterocycles. The van der Waals surface area contributed by atoms with E-state index in [1.807, 2.05) is 30.3 Å². The number of nitrogens with one attached hydrogen (secondary N) is 1. The van der Waals surface area contributed by atoms with Gasteiger partial charge in [0.2, 0.25) is 0 Å². The third-order valence-electron chi connectivity index (χ3n) is 4.00. The van der Waals surface area contributed by atoms with Crippen LogP contribution in [0.4, 0.5) is 10.5 Å². The zero-order valence-corrected chi connectivity index (χ0v) is 16.4. The van der Waals surface area contributed by atoms with Gasteiger partial charge in [-0.25, -0.2) is 0 Å². The fraction of sp³-hybridized carbons (Fsp3) is 0.105. The number of nitrogens with zero attached hydrogens (tertiary/aromatic N) is 2. The molecular formula is C19H14ClN3O5S. The molecule has 148 valence electrons. The molecule has 1 fully saturated rings. The molecule has 10 heteroatoms. The van der Waals surface area contributed by atoms with Crippen LogP contribution in [0.25, 0.3) is 6.08 Å². The van der Waals surface area contributed by atoms with E-state index in [2.05, 4.69) is 5.32 Å². The standard InChI is InChI=1S/C19H14ClN3O5S/c20-15-11-13(23(27)28)6-7-14(15)17(24)21-8-9-22-18(25)16(29-19(22)26)10-12-4-2-1-3-5-12/h1-7,10-11H,8-9H2,(H,21,24)/b16-10-. The second-order valence-corrected chi connectivity index (χ2v) is 7.32. The SMILES string of the molecule is O=C(NCCN1C(=O)S/C(=C\c2ccccc2)C1=O)c1ccc([N+](=O)[O-])cc1Cl. The zero-order chi connectivity index (χ0) is 21.0. The van der Waals surface area contributed by atoms with Crippen molar-refractivity contribution in [2.75, 3.05) is 13.1 Å². The van der Waals surface area contributed by atoms with Gasteiger partial charge in [0, 0.05) is 25.2 Å². The Morgan fingerprint density at radius 1 is 1.21 bits per heavy atom. The fourth-order valence-electron chi connectivity index (χ4n) is 2.57. The number of nitro groups is 1. The molecule has 2 aromatic carbocycles. The largest absolute Gasteiger partial charge is 0.350 e. The van der Waals surface area contributed by atoms with E-state index >= 15 is 0 Å². The number of halogens is 1. The van der Waals surface area contributed by atoms with Gasteiger partial charge in [0.1, 0.15) is 0 Å². The average Bonchev–Trinajstić information content (AvgIpc) is 2.95. The zero-order valence-electron chi connectivity index (χ0n) is 14.8. The number of nitro benzene ring substituents is 1. The van der Waals surface area contributed by atoms with Gasteiger partial charge in [0.15, 0.2) is 0 Å². The summed E-state index contributed by atoms with van der Waals surface area (Å²) in [6.07, 6.45) is 1.64. The molecule has 1 heterocycles. The summed E-state index contributed by atoms with van der Waals surface area (Å²) in [5.74, 6) is -0.983. The lowest BCUT2D eigenvalue weighted by Gasteiger charge is -2.13. The first-order valence-corrected chi connectivity index (χ1v) is 9.59. The van der Waals surface area contributed by atoms with Crippen molar-refractivity contribution >= 4 is 52.2 Å². The molecule has 0 aromatic heterocycles. The summed E-state index contributed by atoms with van der Waals surface area (Å²) in [6, 6.07) is 12.7. The summed E-state index contributed by atoms with van der Waals surface area (Å²) < 4.78 is 0. The number of hydrogen-bond acceptors (Lipinski definition) is 6. The van der Waals surface area contributed by atoms with Crippen molar-refractivity contribution in [3.63, 3.8) is 0 Å². The number of thioether (sulfide) groups is 1. The van der Waals surface area contributed by atoms with E-state index < -0.39 is 22.0 Å². The van der Waals surface area contributed by atoms with Crippen LogP contribution in [0.2, 0.25) is 5.02 Å². The molecule has 1 N–H and O–H groups in total. The van der Waals surface area contributed by atoms with Crippen molar-refractivity contribution in [3.05, 3.63) is 79.7 Å². The van der Waals surface area contributed by atoms with E-state index in [-0.39, 0.29) is 29.4 Å². The topological polar surface area (TPSA) is 110 Å². The Balaban J connectivity index is 1.60. The van der Waals surface area contributed by atoms with E-state index in [9.17, 15) is 24.5 Å². The van der Waals surface area contributed by atoms with Crippen LogP contribution in [0.1, 0.15) is 15.9 Å². The molecule has 3 amide bonds. The Hall–Kier alpha value is -3.17. The number of rotatable bonds is 6. The summed E-state index contributed by atoms with van der Waals surface area (Å²) in [5.41, 5.74) is 0.643. The highest BCUT2D eigenvalue weighted by Crippen LogP contribution is 2.31. The van der Waals surface area contributed by atoms with Crippen molar-refractivity contribution in [2.24, 2.45) is 0 Å². The number of benzene rings is 2. The minimum absolute atomic E-state index is 0.00681. The van der Waals surface area contributed by atoms with Crippen LogP contribution in [-0.2, 0) is 4.79 Å². The van der Waals surface area contributed by atoms with Crippen LogP contribution in [0.5, 0.6) is 0 Å². The third-order valence-corrected chi connectivity index (χ3v) is 5.22. The van der Waals surface area contributed by atoms with Gasteiger partial charge in [-0.2, -0.15) is 0 Å². The molecule has 1 aliphatic heterocycles. The highest BCUT2D eigenvalue weighted by atomic mass is 35.5. The van der Waals surface area contributed by atoms with Crippen LogP contribution >= 0.6 is 23.4 Å². The van der Waals surface area contributed by atoms with Gasteiger partial charge in [-0.3, -0.25) is 29.4 Å². The van der Waals surface area contributed by atoms with Crippen molar-refractivity contribution in [3.8, 4) is 0 Å². The Morgan fingerprint density at radius 2 is 1.93 bits per heavy atom. The van der Waals surface area contributed by atoms with Gasteiger partial charge in [0.25, 0.3) is 22.7 Å². The molecular weight excluding hydrogens is 418 g/mol. The molecule has 0 radical (unpaired) electrons. The van der Waals surface area contributed by atoms with Crippen LogP contribution < -0.4 is 5.32 Å². The third kappa shape index (κ3) is 4.82. The Kier molecular flexibility index (Phi) is 6.30. The molecule has 8 nitrogen and oxygen atoms in total. The summed E-state index contributed by atoms with van der Waals surface area (Å²) in [5, 5.41) is 12.8. The molecule has 0 saturated carbocycles. The van der Waals surface area contributed by atoms with Gasteiger partial charge < -0.3 is 5.32 Å². The Labute approximate surface area is 174 Å². The molecule has 29 heavy (non-hydrogen) atoms. The van der Waals surface area contributed by atoms with E-state index in [1.54, 1.807) is 6.08 Å². The monoisotopic (exact) mass is 431 g/mol. The maximum atomic E-state index is 12.4. The van der Waals surface area contributed by atoms with E-state index in [0.717, 1.165) is 28.3 Å². The van der Waals surface area contributed by atoms with Gasteiger partial charge >= 0.3 is 0 Å². The summed E-state index contributed by atoms with van der Waals surface area (Å²) in [4.78, 5) is 48.3. The number of imide groups is 1. The fourth-order valence-corrected chi connectivity index (χ4v) is 3.70. The minimum Gasteiger partial charge on any atom is -0.350 e. The van der Waals surface area contributed by atoms with E-state index in [1.165, 1.54) is 12.1 Å². The predicted molar refractivity (Wildman–Crippen MR) is 110 cm³/mol. The van der Waals surface area contributed by atoms with Crippen LogP contribution in [0.15, 0.2) is 53.4 Å². The summed E-state index contributed by atoms with van der Waals surface area (Å²) >= 11 is 6.76. The normalized spacial score (nSPS) is 15.1. The smallest absolute Gasteiger partial charge is 0.293 e. The number of amides is 3. The Bertz CT molecular complexity index is 1030.